The van der Waals surface area contributed by atoms with Crippen molar-refractivity contribution in [3.8, 4) is 17.4 Å². The van der Waals surface area contributed by atoms with Crippen LogP contribution < -0.4 is 4.90 Å². The van der Waals surface area contributed by atoms with Gasteiger partial charge in [0.05, 0.1) is 13.2 Å². The molecule has 0 aliphatic carbocycles. The van der Waals surface area contributed by atoms with Crippen molar-refractivity contribution in [1.29, 1.82) is 0 Å². The molecule has 10 nitrogen and oxygen atoms in total. The molecule has 1 aliphatic rings. The smallest absolute Gasteiger partial charge is 0.253 e. The van der Waals surface area contributed by atoms with Gasteiger partial charge in [-0.25, -0.2) is 19.5 Å². The summed E-state index contributed by atoms with van der Waals surface area (Å²) in [5.41, 5.74) is 0.959. The third-order valence-corrected chi connectivity index (χ3v) is 3.90. The summed E-state index contributed by atoms with van der Waals surface area (Å²) in [5.74, 6) is -0.515. The zero-order chi connectivity index (χ0) is 16.7. The van der Waals surface area contributed by atoms with Gasteiger partial charge in [-0.05, 0) is 0 Å². The molecular weight excluding hydrogens is 318 g/mol. The van der Waals surface area contributed by atoms with Crippen molar-refractivity contribution < 1.29 is 24.5 Å². The van der Waals surface area contributed by atoms with Crippen LogP contribution in [0.15, 0.2) is 17.1 Å². The summed E-state index contributed by atoms with van der Waals surface area (Å²) in [6.07, 6.45) is 2.82. The van der Waals surface area contributed by atoms with E-state index in [4.69, 9.17) is 14.3 Å². The second-order valence-electron chi connectivity index (χ2n) is 5.27. The molecule has 0 saturated carbocycles. The number of fused-ring (bicyclic) bond motifs is 1. The van der Waals surface area contributed by atoms with Gasteiger partial charge < -0.3 is 29.4 Å². The molecule has 0 unspecified atom stereocenters. The quantitative estimate of drug-likeness (QED) is 0.613. The number of aromatic nitrogens is 4. The fourth-order valence-electron chi connectivity index (χ4n) is 2.69. The number of aliphatic hydroxyl groups excluding tert-OH is 1. The molecule has 3 aromatic heterocycles. The number of nitrogens with zero attached hydrogens (tertiary/aromatic N) is 5. The lowest BCUT2D eigenvalue weighted by atomic mass is 10.3. The molecule has 0 spiro atoms. The molecule has 4 heterocycles. The average Bonchev–Trinajstić information content (AvgIpc) is 3.17. The van der Waals surface area contributed by atoms with E-state index in [1.807, 2.05) is 4.90 Å². The van der Waals surface area contributed by atoms with Crippen LogP contribution in [0, 0.1) is 0 Å². The fourth-order valence-corrected chi connectivity index (χ4v) is 2.69. The molecule has 0 amide bonds. The lowest BCUT2D eigenvalue weighted by Crippen LogP contribution is -2.36. The second kappa shape index (κ2) is 5.65. The minimum Gasteiger partial charge on any atom is -0.502 e. The maximum atomic E-state index is 10.0. The number of rotatable bonds is 3. The van der Waals surface area contributed by atoms with Gasteiger partial charge in [-0.2, -0.15) is 0 Å². The summed E-state index contributed by atoms with van der Waals surface area (Å²) in [6.45, 7) is 2.07. The van der Waals surface area contributed by atoms with Gasteiger partial charge in [-0.1, -0.05) is 0 Å². The zero-order valence-corrected chi connectivity index (χ0v) is 12.6. The van der Waals surface area contributed by atoms with Crippen molar-refractivity contribution in [2.75, 3.05) is 31.2 Å². The molecule has 0 aromatic carbocycles. The molecule has 0 radical (unpaired) electrons. The number of imidazole rings is 1. The first-order chi connectivity index (χ1) is 11.7. The van der Waals surface area contributed by atoms with E-state index in [-0.39, 0.29) is 11.6 Å². The van der Waals surface area contributed by atoms with Crippen LogP contribution in [0.2, 0.25) is 0 Å². The Morgan fingerprint density at radius 1 is 1.08 bits per heavy atom. The topological polar surface area (TPSA) is 130 Å². The number of aliphatic hydroxyl groups is 1. The highest BCUT2D eigenvalue weighted by Crippen LogP contribution is 2.39. The Hall–Kier alpha value is -2.85. The van der Waals surface area contributed by atoms with E-state index in [1.165, 1.54) is 17.2 Å². The number of hydrogen-bond acceptors (Lipinski definition) is 9. The minimum atomic E-state index is -0.542. The predicted octanol–water partition coefficient (Wildman–Crippen LogP) is 0.149. The number of aromatic hydroxyl groups is 2. The van der Waals surface area contributed by atoms with E-state index in [0.717, 1.165) is 0 Å². The van der Waals surface area contributed by atoms with Crippen molar-refractivity contribution in [1.82, 2.24) is 19.5 Å². The third kappa shape index (κ3) is 2.15. The van der Waals surface area contributed by atoms with Crippen LogP contribution in [0.25, 0.3) is 17.0 Å². The van der Waals surface area contributed by atoms with E-state index in [0.29, 0.717) is 43.3 Å². The van der Waals surface area contributed by atoms with Gasteiger partial charge in [0.1, 0.15) is 19.3 Å². The molecule has 4 rings (SSSR count). The second-order valence-corrected chi connectivity index (χ2v) is 5.27. The van der Waals surface area contributed by atoms with Crippen LogP contribution in [0.3, 0.4) is 0 Å². The standard InChI is InChI=1S/C14H15N5O5/c20-5-8-10(21)11(22)14(24-8)19-7-17-9-12(15-6-16-13(9)19)18-1-3-23-4-2-18/h6-7,20-22H,1-5H2. The van der Waals surface area contributed by atoms with Crippen LogP contribution in [0.4, 0.5) is 5.82 Å². The van der Waals surface area contributed by atoms with Crippen molar-refractivity contribution >= 4 is 17.0 Å². The van der Waals surface area contributed by atoms with Gasteiger partial charge in [-0.3, -0.25) is 0 Å². The van der Waals surface area contributed by atoms with Crippen molar-refractivity contribution in [2.45, 2.75) is 6.61 Å². The van der Waals surface area contributed by atoms with Crippen LogP contribution >= 0.6 is 0 Å². The molecule has 3 N–H and O–H groups in total. The summed E-state index contributed by atoms with van der Waals surface area (Å²) in [6, 6.07) is 0. The van der Waals surface area contributed by atoms with Gasteiger partial charge in [0.2, 0.25) is 11.5 Å². The van der Waals surface area contributed by atoms with E-state index >= 15 is 0 Å². The highest BCUT2D eigenvalue weighted by molar-refractivity contribution is 5.84. The van der Waals surface area contributed by atoms with E-state index in [9.17, 15) is 10.2 Å². The van der Waals surface area contributed by atoms with Crippen molar-refractivity contribution in [3.63, 3.8) is 0 Å². The van der Waals surface area contributed by atoms with Gasteiger partial charge >= 0.3 is 0 Å². The molecule has 1 aliphatic heterocycles. The number of anilines is 1. The largest absolute Gasteiger partial charge is 0.502 e. The normalized spacial score (nSPS) is 15.3. The maximum Gasteiger partial charge on any atom is 0.253 e. The summed E-state index contributed by atoms with van der Waals surface area (Å²) in [4.78, 5) is 14.9. The molecule has 24 heavy (non-hydrogen) atoms. The SMILES string of the molecule is OCc1oc(-n2cnc3c(N4CCOCC4)ncnc32)c(O)c1O. The number of ether oxygens (including phenoxy) is 1. The molecule has 3 aromatic rings. The Bertz CT molecular complexity index is 883. The van der Waals surface area contributed by atoms with Crippen molar-refractivity contribution in [3.05, 3.63) is 18.4 Å². The van der Waals surface area contributed by atoms with E-state index in [1.54, 1.807) is 0 Å². The van der Waals surface area contributed by atoms with Gasteiger partial charge in [-0.15, -0.1) is 0 Å². The van der Waals surface area contributed by atoms with E-state index in [2.05, 4.69) is 15.0 Å². The van der Waals surface area contributed by atoms with Crippen LogP contribution in [-0.2, 0) is 11.3 Å². The Morgan fingerprint density at radius 3 is 2.58 bits per heavy atom. The molecule has 1 fully saturated rings. The summed E-state index contributed by atoms with van der Waals surface area (Å²) < 4.78 is 12.1. The van der Waals surface area contributed by atoms with Gasteiger partial charge in [0.25, 0.3) is 5.88 Å². The molecular formula is C14H15N5O5. The highest BCUT2D eigenvalue weighted by Gasteiger charge is 2.24. The fraction of sp³-hybridized carbons (Fsp3) is 0.357. The highest BCUT2D eigenvalue weighted by atomic mass is 16.5. The molecule has 10 heteroatoms. The lowest BCUT2D eigenvalue weighted by molar-refractivity contribution is 0.122. The Balaban J connectivity index is 1.84. The van der Waals surface area contributed by atoms with Crippen LogP contribution in [-0.4, -0.2) is 61.1 Å². The summed E-state index contributed by atoms with van der Waals surface area (Å²) >= 11 is 0. The predicted molar refractivity (Wildman–Crippen MR) is 81.2 cm³/mol. The Labute approximate surface area is 135 Å². The van der Waals surface area contributed by atoms with E-state index < -0.39 is 18.1 Å². The first kappa shape index (κ1) is 14.7. The Kier molecular flexibility index (Phi) is 3.47. The molecule has 0 bridgehead atoms. The first-order valence-corrected chi connectivity index (χ1v) is 7.36. The monoisotopic (exact) mass is 333 g/mol. The van der Waals surface area contributed by atoms with Crippen LogP contribution in [0.5, 0.6) is 11.5 Å². The first-order valence-electron chi connectivity index (χ1n) is 7.36. The number of morpholine rings is 1. The average molecular weight is 333 g/mol. The number of hydrogen-bond donors (Lipinski definition) is 3. The third-order valence-electron chi connectivity index (χ3n) is 3.90. The lowest BCUT2D eigenvalue weighted by Gasteiger charge is -2.27. The molecule has 1 saturated heterocycles. The zero-order valence-electron chi connectivity index (χ0n) is 12.6. The summed E-state index contributed by atoms with van der Waals surface area (Å²) in [5, 5.41) is 28.9. The molecule has 126 valence electrons. The maximum absolute atomic E-state index is 10.0. The van der Waals surface area contributed by atoms with Gasteiger partial charge in [0.15, 0.2) is 22.7 Å². The summed E-state index contributed by atoms with van der Waals surface area (Å²) in [7, 11) is 0. The van der Waals surface area contributed by atoms with Crippen molar-refractivity contribution in [2.24, 2.45) is 0 Å². The number of furan rings is 1. The minimum absolute atomic E-state index is 0.0642. The molecule has 0 atom stereocenters. The van der Waals surface area contributed by atoms with Crippen LogP contribution in [0.1, 0.15) is 5.76 Å². The Morgan fingerprint density at radius 2 is 1.88 bits per heavy atom. The van der Waals surface area contributed by atoms with Gasteiger partial charge in [0, 0.05) is 13.1 Å².